The van der Waals surface area contributed by atoms with E-state index in [1.54, 1.807) is 0 Å². The molecule has 0 bridgehead atoms. The average molecular weight is 409 g/mol. The molecule has 3 amide bonds. The number of ether oxygens (including phenoxy) is 2. The SMILES string of the molecule is C[C@@H]1CCCC[C@@]12NC(=O)N(Cc1cc3c(cc1Br)OCCO3)C2=O. The summed E-state index contributed by atoms with van der Waals surface area (Å²) in [5.41, 5.74) is 0.101. The monoisotopic (exact) mass is 408 g/mol. The fraction of sp³-hybridized carbons (Fsp3) is 0.556. The van der Waals surface area contributed by atoms with E-state index >= 15 is 0 Å². The number of hydrogen-bond acceptors (Lipinski definition) is 4. The second-order valence-corrected chi connectivity index (χ2v) is 7.88. The van der Waals surface area contributed by atoms with E-state index < -0.39 is 5.54 Å². The van der Waals surface area contributed by atoms with E-state index in [1.165, 1.54) is 4.90 Å². The summed E-state index contributed by atoms with van der Waals surface area (Å²) in [6.45, 7) is 3.29. The molecule has 1 N–H and O–H groups in total. The van der Waals surface area contributed by atoms with Crippen molar-refractivity contribution in [3.63, 3.8) is 0 Å². The molecule has 134 valence electrons. The van der Waals surface area contributed by atoms with E-state index in [0.717, 1.165) is 35.7 Å². The average Bonchev–Trinajstić information content (AvgIpc) is 2.83. The normalized spacial score (nSPS) is 28.4. The van der Waals surface area contributed by atoms with Crippen molar-refractivity contribution in [1.82, 2.24) is 10.2 Å². The second kappa shape index (κ2) is 6.20. The van der Waals surface area contributed by atoms with Crippen LogP contribution in [0.25, 0.3) is 0 Å². The number of imide groups is 1. The van der Waals surface area contributed by atoms with Gasteiger partial charge in [-0.2, -0.15) is 0 Å². The van der Waals surface area contributed by atoms with Crippen molar-refractivity contribution in [2.75, 3.05) is 13.2 Å². The number of amides is 3. The molecule has 2 atom stereocenters. The lowest BCUT2D eigenvalue weighted by molar-refractivity contribution is -0.134. The summed E-state index contributed by atoms with van der Waals surface area (Å²) in [5, 5.41) is 2.99. The quantitative estimate of drug-likeness (QED) is 0.762. The summed E-state index contributed by atoms with van der Waals surface area (Å²) in [5.74, 6) is 1.38. The Morgan fingerprint density at radius 1 is 1.24 bits per heavy atom. The molecule has 3 aliphatic rings. The van der Waals surface area contributed by atoms with Crippen molar-refractivity contribution in [3.8, 4) is 11.5 Å². The number of fused-ring (bicyclic) bond motifs is 1. The van der Waals surface area contributed by atoms with Crippen LogP contribution in [0, 0.1) is 5.92 Å². The van der Waals surface area contributed by atoms with Crippen molar-refractivity contribution in [1.29, 1.82) is 0 Å². The molecule has 6 nitrogen and oxygen atoms in total. The zero-order valence-electron chi connectivity index (χ0n) is 14.1. The van der Waals surface area contributed by atoms with Crippen molar-refractivity contribution < 1.29 is 19.1 Å². The van der Waals surface area contributed by atoms with Gasteiger partial charge in [0.15, 0.2) is 11.5 Å². The van der Waals surface area contributed by atoms with E-state index in [9.17, 15) is 9.59 Å². The van der Waals surface area contributed by atoms with Crippen molar-refractivity contribution in [2.24, 2.45) is 5.92 Å². The summed E-state index contributed by atoms with van der Waals surface area (Å²) in [6.07, 6.45) is 3.77. The predicted molar refractivity (Wildman–Crippen MR) is 94.6 cm³/mol. The Kier molecular flexibility index (Phi) is 4.14. The van der Waals surface area contributed by atoms with Gasteiger partial charge in [0, 0.05) is 4.47 Å². The molecule has 2 fully saturated rings. The van der Waals surface area contributed by atoms with Gasteiger partial charge in [-0.1, -0.05) is 35.7 Å². The molecule has 0 unspecified atom stereocenters. The molecule has 1 aromatic carbocycles. The molecule has 0 aromatic heterocycles. The van der Waals surface area contributed by atoms with Crippen LogP contribution < -0.4 is 14.8 Å². The standard InChI is InChI=1S/C18H21BrN2O4/c1-11-4-2-3-5-18(11)16(22)21(17(23)20-18)10-12-8-14-15(9-13(12)19)25-7-6-24-14/h8-9,11H,2-7,10H2,1H3,(H,20,23)/t11-,18-/m1/s1. The van der Waals surface area contributed by atoms with Gasteiger partial charge in [-0.05, 0) is 36.5 Å². The molecule has 2 heterocycles. The maximum absolute atomic E-state index is 13.1. The third-order valence-corrected chi connectivity index (χ3v) is 6.28. The highest BCUT2D eigenvalue weighted by atomic mass is 79.9. The van der Waals surface area contributed by atoms with Crippen LogP contribution in [0.4, 0.5) is 4.79 Å². The van der Waals surface area contributed by atoms with E-state index in [4.69, 9.17) is 9.47 Å². The van der Waals surface area contributed by atoms with Crippen molar-refractivity contribution in [3.05, 3.63) is 22.2 Å². The first-order valence-corrected chi connectivity index (χ1v) is 9.53. The molecule has 7 heteroatoms. The van der Waals surface area contributed by atoms with Gasteiger partial charge in [-0.25, -0.2) is 4.79 Å². The molecular formula is C18H21BrN2O4. The number of hydrogen-bond donors (Lipinski definition) is 1. The first kappa shape index (κ1) is 16.7. The highest BCUT2D eigenvalue weighted by Gasteiger charge is 2.54. The number of carbonyl (C=O) groups is 2. The minimum Gasteiger partial charge on any atom is -0.486 e. The van der Waals surface area contributed by atoms with Crippen LogP contribution >= 0.6 is 15.9 Å². The minimum absolute atomic E-state index is 0.105. The third-order valence-electron chi connectivity index (χ3n) is 5.54. The van der Waals surface area contributed by atoms with Crippen molar-refractivity contribution in [2.45, 2.75) is 44.7 Å². The second-order valence-electron chi connectivity index (χ2n) is 7.03. The number of rotatable bonds is 2. The van der Waals surface area contributed by atoms with Gasteiger partial charge in [0.2, 0.25) is 0 Å². The summed E-state index contributed by atoms with van der Waals surface area (Å²) < 4.78 is 12.0. The summed E-state index contributed by atoms with van der Waals surface area (Å²) >= 11 is 3.52. The van der Waals surface area contributed by atoms with E-state index in [-0.39, 0.29) is 24.4 Å². The lowest BCUT2D eigenvalue weighted by Crippen LogP contribution is -2.53. The van der Waals surface area contributed by atoms with Gasteiger partial charge in [0.25, 0.3) is 5.91 Å². The first-order chi connectivity index (χ1) is 12.0. The Labute approximate surface area is 155 Å². The number of nitrogens with zero attached hydrogens (tertiary/aromatic N) is 1. The maximum atomic E-state index is 13.1. The van der Waals surface area contributed by atoms with E-state index in [1.807, 2.05) is 12.1 Å². The summed E-state index contributed by atoms with van der Waals surface area (Å²) in [7, 11) is 0. The molecule has 1 saturated carbocycles. The molecule has 1 saturated heterocycles. The lowest BCUT2D eigenvalue weighted by Gasteiger charge is -2.36. The van der Waals surface area contributed by atoms with Crippen LogP contribution in [0.15, 0.2) is 16.6 Å². The van der Waals surface area contributed by atoms with E-state index in [2.05, 4.69) is 28.2 Å². The van der Waals surface area contributed by atoms with Crippen LogP contribution in [0.1, 0.15) is 38.2 Å². The predicted octanol–water partition coefficient (Wildman–Crippen LogP) is 3.22. The smallest absolute Gasteiger partial charge is 0.325 e. The van der Waals surface area contributed by atoms with Gasteiger partial charge >= 0.3 is 6.03 Å². The zero-order chi connectivity index (χ0) is 17.6. The van der Waals surface area contributed by atoms with Crippen LogP contribution in [0.3, 0.4) is 0 Å². The minimum atomic E-state index is -0.727. The topological polar surface area (TPSA) is 67.9 Å². The number of urea groups is 1. The van der Waals surface area contributed by atoms with Crippen molar-refractivity contribution >= 4 is 27.9 Å². The fourth-order valence-corrected chi connectivity index (χ4v) is 4.48. The van der Waals surface area contributed by atoms with Crippen LogP contribution in [-0.2, 0) is 11.3 Å². The molecular weight excluding hydrogens is 388 g/mol. The molecule has 25 heavy (non-hydrogen) atoms. The summed E-state index contributed by atoms with van der Waals surface area (Å²) in [4.78, 5) is 26.9. The molecule has 1 aliphatic carbocycles. The number of halogens is 1. The molecule has 0 radical (unpaired) electrons. The summed E-state index contributed by atoms with van der Waals surface area (Å²) in [6, 6.07) is 3.37. The Hall–Kier alpha value is -1.76. The van der Waals surface area contributed by atoms with Gasteiger partial charge < -0.3 is 14.8 Å². The van der Waals surface area contributed by atoms with Gasteiger partial charge in [-0.15, -0.1) is 0 Å². The highest BCUT2D eigenvalue weighted by Crippen LogP contribution is 2.40. The molecule has 4 rings (SSSR count). The Morgan fingerprint density at radius 2 is 1.96 bits per heavy atom. The van der Waals surface area contributed by atoms with E-state index in [0.29, 0.717) is 24.7 Å². The van der Waals surface area contributed by atoms with Gasteiger partial charge in [0.05, 0.1) is 6.54 Å². The lowest BCUT2D eigenvalue weighted by atomic mass is 9.73. The third kappa shape index (κ3) is 2.69. The highest BCUT2D eigenvalue weighted by molar-refractivity contribution is 9.10. The van der Waals surface area contributed by atoms with Gasteiger partial charge in [-0.3, -0.25) is 9.69 Å². The Bertz CT molecular complexity index is 738. The first-order valence-electron chi connectivity index (χ1n) is 8.73. The molecule has 1 spiro atoms. The van der Waals surface area contributed by atoms with Crippen LogP contribution in [0.2, 0.25) is 0 Å². The van der Waals surface area contributed by atoms with Crippen LogP contribution in [-0.4, -0.2) is 35.6 Å². The largest absolute Gasteiger partial charge is 0.486 e. The molecule has 2 aliphatic heterocycles. The van der Waals surface area contributed by atoms with Crippen LogP contribution in [0.5, 0.6) is 11.5 Å². The number of benzene rings is 1. The zero-order valence-corrected chi connectivity index (χ0v) is 15.7. The maximum Gasteiger partial charge on any atom is 0.325 e. The van der Waals surface area contributed by atoms with Gasteiger partial charge in [0.1, 0.15) is 18.8 Å². The molecule has 1 aromatic rings. The number of carbonyl (C=O) groups excluding carboxylic acids is 2. The number of nitrogens with one attached hydrogen (secondary N) is 1. The Morgan fingerprint density at radius 3 is 2.68 bits per heavy atom. The fourth-order valence-electron chi connectivity index (χ4n) is 4.04. The Balaban J connectivity index is 1.61.